The molecule has 0 heterocycles. The van der Waals surface area contributed by atoms with Crippen LogP contribution in [-0.4, -0.2) is 50.0 Å². The Morgan fingerprint density at radius 1 is 0.929 bits per heavy atom. The number of aryl methyl sites for hydroxylation is 2. The van der Waals surface area contributed by atoms with E-state index in [-0.39, 0.29) is 24.9 Å². The average molecular weight is 631 g/mol. The van der Waals surface area contributed by atoms with Crippen molar-refractivity contribution in [1.82, 2.24) is 10.2 Å². The van der Waals surface area contributed by atoms with E-state index < -0.39 is 28.5 Å². The van der Waals surface area contributed by atoms with E-state index in [0.717, 1.165) is 52.9 Å². The minimum Gasteiger partial charge on any atom is -0.352 e. The van der Waals surface area contributed by atoms with Gasteiger partial charge in [-0.2, -0.15) is 0 Å². The summed E-state index contributed by atoms with van der Waals surface area (Å²) in [5.74, 6) is -0.773. The molecular formula is C32H37Cl2N3O4S. The number of hydrogen-bond donors (Lipinski definition) is 1. The van der Waals surface area contributed by atoms with Crippen LogP contribution in [0.1, 0.15) is 47.9 Å². The molecule has 7 nitrogen and oxygen atoms in total. The summed E-state index contributed by atoms with van der Waals surface area (Å²) in [6.45, 7) is 3.30. The van der Waals surface area contributed by atoms with Crippen LogP contribution < -0.4 is 9.62 Å². The minimum absolute atomic E-state index is 0.0375. The highest BCUT2D eigenvalue weighted by Gasteiger charge is 2.34. The van der Waals surface area contributed by atoms with E-state index in [1.807, 2.05) is 56.3 Å². The van der Waals surface area contributed by atoms with Gasteiger partial charge in [0.15, 0.2) is 0 Å². The Kier molecular flexibility index (Phi) is 10.6. The van der Waals surface area contributed by atoms with Crippen LogP contribution in [0.25, 0.3) is 0 Å². The second-order valence-corrected chi connectivity index (χ2v) is 13.7. The number of hydrogen-bond acceptors (Lipinski definition) is 4. The molecule has 1 aliphatic carbocycles. The first-order chi connectivity index (χ1) is 19.9. The molecule has 0 radical (unpaired) electrons. The van der Waals surface area contributed by atoms with Crippen molar-refractivity contribution < 1.29 is 18.0 Å². The molecule has 0 bridgehead atoms. The van der Waals surface area contributed by atoms with Crippen LogP contribution in [0.4, 0.5) is 5.69 Å². The predicted octanol–water partition coefficient (Wildman–Crippen LogP) is 6.08. The number of carbonyl (C=O) groups excluding carboxylic acids is 2. The van der Waals surface area contributed by atoms with Crippen molar-refractivity contribution in [2.24, 2.45) is 0 Å². The smallest absolute Gasteiger partial charge is 0.244 e. The van der Waals surface area contributed by atoms with E-state index in [4.69, 9.17) is 23.2 Å². The van der Waals surface area contributed by atoms with Crippen molar-refractivity contribution in [2.45, 2.75) is 64.6 Å². The van der Waals surface area contributed by atoms with Crippen molar-refractivity contribution in [3.05, 3.63) is 99.0 Å². The summed E-state index contributed by atoms with van der Waals surface area (Å²) >= 11 is 12.5. The van der Waals surface area contributed by atoms with Gasteiger partial charge in [0.05, 0.1) is 22.0 Å². The molecular weight excluding hydrogens is 593 g/mol. The number of halogens is 2. The number of amides is 2. The maximum atomic E-state index is 14.3. The van der Waals surface area contributed by atoms with Gasteiger partial charge in [-0.1, -0.05) is 90.1 Å². The largest absolute Gasteiger partial charge is 0.352 e. The lowest BCUT2D eigenvalue weighted by atomic mass is 10.0. The summed E-state index contributed by atoms with van der Waals surface area (Å²) in [4.78, 5) is 29.7. The molecule has 0 aliphatic heterocycles. The van der Waals surface area contributed by atoms with E-state index in [2.05, 4.69) is 5.32 Å². The van der Waals surface area contributed by atoms with Gasteiger partial charge in [0.1, 0.15) is 12.6 Å². The Balaban J connectivity index is 1.75. The van der Waals surface area contributed by atoms with Crippen molar-refractivity contribution >= 4 is 50.7 Å². The molecule has 1 aliphatic rings. The normalized spacial score (nSPS) is 14.4. The molecule has 0 spiro atoms. The van der Waals surface area contributed by atoms with Crippen LogP contribution in [0.15, 0.2) is 66.7 Å². The Morgan fingerprint density at radius 3 is 2.24 bits per heavy atom. The summed E-state index contributed by atoms with van der Waals surface area (Å²) in [6.07, 6.45) is 5.20. The second kappa shape index (κ2) is 13.9. The molecule has 2 amide bonds. The van der Waals surface area contributed by atoms with Gasteiger partial charge in [0.2, 0.25) is 21.8 Å². The molecule has 0 saturated heterocycles. The molecule has 3 aromatic rings. The third-order valence-electron chi connectivity index (χ3n) is 7.61. The number of rotatable bonds is 11. The molecule has 224 valence electrons. The van der Waals surface area contributed by atoms with E-state index in [9.17, 15) is 18.0 Å². The molecule has 1 atom stereocenters. The Hall–Kier alpha value is -3.07. The zero-order valence-electron chi connectivity index (χ0n) is 24.1. The summed E-state index contributed by atoms with van der Waals surface area (Å²) in [7, 11) is -3.84. The van der Waals surface area contributed by atoms with Gasteiger partial charge in [-0.3, -0.25) is 13.9 Å². The highest BCUT2D eigenvalue weighted by Crippen LogP contribution is 2.27. The highest BCUT2D eigenvalue weighted by molar-refractivity contribution is 7.92. The Bertz CT molecular complexity index is 1530. The van der Waals surface area contributed by atoms with Crippen LogP contribution in [-0.2, 0) is 32.6 Å². The maximum Gasteiger partial charge on any atom is 0.244 e. The molecule has 1 saturated carbocycles. The molecule has 42 heavy (non-hydrogen) atoms. The van der Waals surface area contributed by atoms with Gasteiger partial charge in [-0.05, 0) is 61.6 Å². The van der Waals surface area contributed by atoms with Gasteiger partial charge in [0.25, 0.3) is 0 Å². The third-order valence-corrected chi connectivity index (χ3v) is 9.48. The molecule has 1 N–H and O–H groups in total. The average Bonchev–Trinajstić information content (AvgIpc) is 3.44. The summed E-state index contributed by atoms with van der Waals surface area (Å²) in [5, 5.41) is 3.85. The van der Waals surface area contributed by atoms with Crippen LogP contribution in [0, 0.1) is 13.8 Å². The van der Waals surface area contributed by atoms with Gasteiger partial charge >= 0.3 is 0 Å². The molecule has 3 aromatic carbocycles. The fourth-order valence-corrected chi connectivity index (χ4v) is 6.66. The topological polar surface area (TPSA) is 86.8 Å². The Morgan fingerprint density at radius 2 is 1.62 bits per heavy atom. The van der Waals surface area contributed by atoms with Gasteiger partial charge in [-0.15, -0.1) is 0 Å². The number of carbonyl (C=O) groups is 2. The molecule has 0 aromatic heterocycles. The monoisotopic (exact) mass is 629 g/mol. The number of benzene rings is 3. The molecule has 0 unspecified atom stereocenters. The number of nitrogens with one attached hydrogen (secondary N) is 1. The zero-order valence-corrected chi connectivity index (χ0v) is 26.5. The zero-order chi connectivity index (χ0) is 30.4. The number of sulfonamides is 1. The van der Waals surface area contributed by atoms with Gasteiger partial charge < -0.3 is 10.2 Å². The van der Waals surface area contributed by atoms with Crippen molar-refractivity contribution in [2.75, 3.05) is 17.1 Å². The van der Waals surface area contributed by atoms with Crippen LogP contribution >= 0.6 is 23.2 Å². The SMILES string of the molecule is Cc1ccc(N(CC(=O)N(Cc2ccc(Cl)c(Cl)c2)[C@H](Cc2ccccc2)C(=O)NC2CCCC2)S(C)(=O)=O)c(C)c1. The molecule has 10 heteroatoms. The van der Waals surface area contributed by atoms with Crippen molar-refractivity contribution in [1.29, 1.82) is 0 Å². The van der Waals surface area contributed by atoms with E-state index in [1.165, 1.54) is 4.90 Å². The summed E-state index contributed by atoms with van der Waals surface area (Å²) in [6, 6.07) is 19.1. The van der Waals surface area contributed by atoms with Gasteiger partial charge in [0, 0.05) is 19.0 Å². The van der Waals surface area contributed by atoms with E-state index >= 15 is 0 Å². The lowest BCUT2D eigenvalue weighted by molar-refractivity contribution is -0.140. The lowest BCUT2D eigenvalue weighted by Crippen LogP contribution is -2.54. The maximum absolute atomic E-state index is 14.3. The van der Waals surface area contributed by atoms with Gasteiger partial charge in [-0.25, -0.2) is 8.42 Å². The summed E-state index contributed by atoms with van der Waals surface area (Å²) in [5.41, 5.74) is 3.67. The standard InChI is InChI=1S/C32H37Cl2N3O4S/c1-22-13-16-29(23(2)17-22)37(42(3,40)41)21-31(38)36(20-25-14-15-27(33)28(34)18-25)30(19-24-9-5-4-6-10-24)32(39)35-26-11-7-8-12-26/h4-6,9-10,13-18,26,30H,7-8,11-12,19-21H2,1-3H3,(H,35,39)/t30-/m1/s1. The van der Waals surface area contributed by atoms with Crippen molar-refractivity contribution in [3.63, 3.8) is 0 Å². The third kappa shape index (κ3) is 8.27. The first-order valence-corrected chi connectivity index (χ1v) is 16.7. The van der Waals surface area contributed by atoms with Crippen molar-refractivity contribution in [3.8, 4) is 0 Å². The highest BCUT2D eigenvalue weighted by atomic mass is 35.5. The minimum atomic E-state index is -3.84. The summed E-state index contributed by atoms with van der Waals surface area (Å²) < 4.78 is 27.2. The molecule has 1 fully saturated rings. The fraction of sp³-hybridized carbons (Fsp3) is 0.375. The number of nitrogens with zero attached hydrogens (tertiary/aromatic N) is 2. The first-order valence-electron chi connectivity index (χ1n) is 14.0. The van der Waals surface area contributed by atoms with Crippen LogP contribution in [0.5, 0.6) is 0 Å². The van der Waals surface area contributed by atoms with Crippen LogP contribution in [0.3, 0.4) is 0 Å². The van der Waals surface area contributed by atoms with Crippen LogP contribution in [0.2, 0.25) is 10.0 Å². The Labute approximate surface area is 258 Å². The lowest BCUT2D eigenvalue weighted by Gasteiger charge is -2.34. The first kappa shape index (κ1) is 31.9. The number of anilines is 1. The quantitative estimate of drug-likeness (QED) is 0.279. The predicted molar refractivity (Wildman–Crippen MR) is 169 cm³/mol. The van der Waals surface area contributed by atoms with E-state index in [0.29, 0.717) is 21.3 Å². The van der Waals surface area contributed by atoms with E-state index in [1.54, 1.807) is 24.3 Å². The molecule has 4 rings (SSSR count). The second-order valence-electron chi connectivity index (χ2n) is 11.0. The fourth-order valence-electron chi connectivity index (χ4n) is 5.44.